The molecular formula is C31H30N2O3. The lowest BCUT2D eigenvalue weighted by Crippen LogP contribution is -2.58. The minimum Gasteiger partial charge on any atom is -0.301 e. The number of amides is 3. The maximum Gasteiger partial charge on any atom is 0.262 e. The van der Waals surface area contributed by atoms with Crippen LogP contribution in [0.5, 0.6) is 0 Å². The van der Waals surface area contributed by atoms with Crippen molar-refractivity contribution in [2.24, 2.45) is 0 Å². The van der Waals surface area contributed by atoms with Crippen LogP contribution in [0.4, 0.5) is 5.69 Å². The molecule has 36 heavy (non-hydrogen) atoms. The fraction of sp³-hybridized carbons (Fsp3) is 0.258. The zero-order valence-corrected chi connectivity index (χ0v) is 21.3. The number of benzene rings is 3. The summed E-state index contributed by atoms with van der Waals surface area (Å²) in [5.74, 6) is -1.12. The Morgan fingerprint density at radius 2 is 1.36 bits per heavy atom. The highest BCUT2D eigenvalue weighted by atomic mass is 16.2. The Morgan fingerprint density at radius 1 is 0.806 bits per heavy atom. The van der Waals surface area contributed by atoms with E-state index in [0.29, 0.717) is 11.1 Å². The van der Waals surface area contributed by atoms with E-state index in [0.717, 1.165) is 33.5 Å². The highest BCUT2D eigenvalue weighted by molar-refractivity contribution is 6.23. The number of hydrogen-bond donors (Lipinski definition) is 0. The Balaban J connectivity index is 1.65. The molecule has 2 heterocycles. The molecular weight excluding hydrogens is 448 g/mol. The van der Waals surface area contributed by atoms with Crippen LogP contribution in [0.3, 0.4) is 0 Å². The van der Waals surface area contributed by atoms with Gasteiger partial charge >= 0.3 is 0 Å². The smallest absolute Gasteiger partial charge is 0.262 e. The van der Waals surface area contributed by atoms with Crippen molar-refractivity contribution in [2.75, 3.05) is 4.90 Å². The number of nitrogens with zero attached hydrogens (tertiary/aromatic N) is 2. The molecule has 182 valence electrons. The van der Waals surface area contributed by atoms with Crippen LogP contribution in [0.2, 0.25) is 0 Å². The van der Waals surface area contributed by atoms with Crippen LogP contribution in [0.15, 0.2) is 72.8 Å². The first-order valence-corrected chi connectivity index (χ1v) is 12.3. The molecule has 0 unspecified atom stereocenters. The summed E-state index contributed by atoms with van der Waals surface area (Å²) in [5.41, 5.74) is 6.05. The molecule has 0 aliphatic carbocycles. The van der Waals surface area contributed by atoms with Crippen LogP contribution < -0.4 is 4.90 Å². The molecule has 2 aliphatic heterocycles. The number of anilines is 1. The van der Waals surface area contributed by atoms with Gasteiger partial charge in [0.25, 0.3) is 17.7 Å². The lowest BCUT2D eigenvalue weighted by molar-refractivity contribution is -0.123. The predicted octanol–water partition coefficient (Wildman–Crippen LogP) is 5.74. The van der Waals surface area contributed by atoms with Gasteiger partial charge in [-0.05, 0) is 81.1 Å². The number of rotatable bonds is 4. The number of aryl methyl sites for hydroxylation is 2. The third kappa shape index (κ3) is 3.76. The average Bonchev–Trinajstić information content (AvgIpc) is 3.09. The first-order chi connectivity index (χ1) is 17.1. The third-order valence-electron chi connectivity index (χ3n) is 7.34. The maximum absolute atomic E-state index is 14.6. The fourth-order valence-electron chi connectivity index (χ4n) is 5.45. The number of allylic oxidation sites excluding steroid dienone is 1. The minimum absolute atomic E-state index is 0.237. The summed E-state index contributed by atoms with van der Waals surface area (Å²) in [4.78, 5) is 44.5. The van der Waals surface area contributed by atoms with Gasteiger partial charge in [0.1, 0.15) is 6.04 Å². The van der Waals surface area contributed by atoms with E-state index >= 15 is 0 Å². The number of hydrogen-bond acceptors (Lipinski definition) is 3. The lowest BCUT2D eigenvalue weighted by atomic mass is 9.86. The van der Waals surface area contributed by atoms with Gasteiger partial charge in [-0.1, -0.05) is 48.5 Å². The van der Waals surface area contributed by atoms with Crippen LogP contribution in [-0.2, 0) is 11.2 Å². The number of carbonyl (C=O) groups excluding carboxylic acids is 3. The molecule has 1 atom stereocenters. The van der Waals surface area contributed by atoms with Gasteiger partial charge in [0, 0.05) is 12.0 Å². The van der Waals surface area contributed by atoms with Crippen molar-refractivity contribution in [2.45, 2.75) is 52.6 Å². The summed E-state index contributed by atoms with van der Waals surface area (Å²) in [6.45, 7) is 10.1. The Kier molecular flexibility index (Phi) is 5.67. The fourth-order valence-corrected chi connectivity index (χ4v) is 5.45. The van der Waals surface area contributed by atoms with Gasteiger partial charge < -0.3 is 4.90 Å². The van der Waals surface area contributed by atoms with E-state index in [2.05, 4.69) is 26.0 Å². The number of carbonyl (C=O) groups is 3. The van der Waals surface area contributed by atoms with E-state index in [1.54, 1.807) is 29.2 Å². The standard InChI is InChI=1S/C31H30N2O3/c1-19-15-25-21(3)18-31(4,5)33(26(25)16-20(19)2)30(36)27(17-22-11-7-6-8-12-22)32-28(34)23-13-9-10-14-24(23)29(32)35/h6-16,18,27H,17H2,1-5H3/t27-/m0/s1. The molecule has 5 heteroatoms. The molecule has 0 N–H and O–H groups in total. The number of fused-ring (bicyclic) bond motifs is 2. The van der Waals surface area contributed by atoms with Crippen LogP contribution in [0.25, 0.3) is 5.57 Å². The number of imide groups is 1. The van der Waals surface area contributed by atoms with Crippen molar-refractivity contribution < 1.29 is 14.4 Å². The topological polar surface area (TPSA) is 57.7 Å². The minimum atomic E-state index is -0.986. The van der Waals surface area contributed by atoms with Crippen molar-refractivity contribution in [3.8, 4) is 0 Å². The summed E-state index contributed by atoms with van der Waals surface area (Å²) >= 11 is 0. The van der Waals surface area contributed by atoms with E-state index in [4.69, 9.17) is 0 Å². The van der Waals surface area contributed by atoms with E-state index in [1.807, 2.05) is 57.2 Å². The van der Waals surface area contributed by atoms with Crippen molar-refractivity contribution in [1.82, 2.24) is 4.90 Å². The van der Waals surface area contributed by atoms with E-state index in [9.17, 15) is 14.4 Å². The van der Waals surface area contributed by atoms with Crippen LogP contribution in [-0.4, -0.2) is 34.2 Å². The molecule has 0 bridgehead atoms. The molecule has 3 amide bonds. The van der Waals surface area contributed by atoms with Gasteiger partial charge in [0.15, 0.2) is 0 Å². The second-order valence-corrected chi connectivity index (χ2v) is 10.3. The van der Waals surface area contributed by atoms with Crippen LogP contribution in [0, 0.1) is 13.8 Å². The van der Waals surface area contributed by atoms with Gasteiger partial charge in [-0.3, -0.25) is 19.3 Å². The summed E-state index contributed by atoms with van der Waals surface area (Å²) in [6.07, 6.45) is 2.32. The average molecular weight is 479 g/mol. The largest absolute Gasteiger partial charge is 0.301 e. The molecule has 0 saturated carbocycles. The highest BCUT2D eigenvalue weighted by Crippen LogP contribution is 2.41. The van der Waals surface area contributed by atoms with Gasteiger partial charge in [-0.15, -0.1) is 0 Å². The van der Waals surface area contributed by atoms with E-state index in [-0.39, 0.29) is 12.3 Å². The lowest BCUT2D eigenvalue weighted by Gasteiger charge is -2.44. The molecule has 5 rings (SSSR count). The van der Waals surface area contributed by atoms with Gasteiger partial charge in [-0.25, -0.2) is 0 Å². The summed E-state index contributed by atoms with van der Waals surface area (Å²) in [5, 5.41) is 0. The molecule has 0 spiro atoms. The van der Waals surface area contributed by atoms with Crippen molar-refractivity contribution in [1.29, 1.82) is 0 Å². The molecule has 3 aromatic rings. The monoisotopic (exact) mass is 478 g/mol. The molecule has 3 aromatic carbocycles. The van der Waals surface area contributed by atoms with Crippen molar-refractivity contribution >= 4 is 29.0 Å². The van der Waals surface area contributed by atoms with Gasteiger partial charge in [0.05, 0.1) is 22.4 Å². The second kappa shape index (κ2) is 8.59. The zero-order chi connectivity index (χ0) is 25.8. The molecule has 0 fully saturated rings. The van der Waals surface area contributed by atoms with Crippen molar-refractivity contribution in [3.63, 3.8) is 0 Å². The second-order valence-electron chi connectivity index (χ2n) is 10.3. The Bertz CT molecular complexity index is 1400. The predicted molar refractivity (Wildman–Crippen MR) is 142 cm³/mol. The Hall–Kier alpha value is -3.99. The maximum atomic E-state index is 14.6. The SMILES string of the molecule is CC1=CC(C)(C)N(C(=O)[C@H](Cc2ccccc2)N2C(=O)c3ccccc3C2=O)c2cc(C)c(C)cc21. The van der Waals surface area contributed by atoms with Crippen molar-refractivity contribution in [3.05, 3.63) is 106 Å². The molecule has 0 saturated heterocycles. The van der Waals surface area contributed by atoms with E-state index < -0.39 is 23.4 Å². The first-order valence-electron chi connectivity index (χ1n) is 12.3. The summed E-state index contributed by atoms with van der Waals surface area (Å²) in [7, 11) is 0. The van der Waals surface area contributed by atoms with Crippen LogP contribution >= 0.6 is 0 Å². The Labute approximate surface area is 212 Å². The normalized spacial score (nSPS) is 17.0. The molecule has 2 aliphatic rings. The summed E-state index contributed by atoms with van der Waals surface area (Å²) in [6, 6.07) is 19.5. The Morgan fingerprint density at radius 3 is 1.97 bits per heavy atom. The first kappa shape index (κ1) is 23.7. The molecule has 0 radical (unpaired) electrons. The quantitative estimate of drug-likeness (QED) is 0.450. The van der Waals surface area contributed by atoms with Crippen LogP contribution in [0.1, 0.15) is 63.7 Å². The molecule has 0 aromatic heterocycles. The third-order valence-corrected chi connectivity index (χ3v) is 7.34. The molecule has 5 nitrogen and oxygen atoms in total. The zero-order valence-electron chi connectivity index (χ0n) is 21.3. The van der Waals surface area contributed by atoms with Gasteiger partial charge in [-0.2, -0.15) is 0 Å². The van der Waals surface area contributed by atoms with Gasteiger partial charge in [0.2, 0.25) is 0 Å². The van der Waals surface area contributed by atoms with E-state index in [1.165, 1.54) is 4.90 Å². The highest BCUT2D eigenvalue weighted by Gasteiger charge is 2.47. The summed E-state index contributed by atoms with van der Waals surface area (Å²) < 4.78 is 0.